The van der Waals surface area contributed by atoms with E-state index in [0.717, 1.165) is 22.4 Å². The van der Waals surface area contributed by atoms with Gasteiger partial charge in [0.2, 0.25) is 5.95 Å². The number of benzene rings is 2. The van der Waals surface area contributed by atoms with Crippen LogP contribution in [0.1, 0.15) is 29.7 Å². The Morgan fingerprint density at radius 2 is 1.97 bits per heavy atom. The van der Waals surface area contributed by atoms with Crippen LogP contribution in [0.5, 0.6) is 5.75 Å². The van der Waals surface area contributed by atoms with Crippen molar-refractivity contribution in [1.82, 2.24) is 20.2 Å². The van der Waals surface area contributed by atoms with Crippen LogP contribution in [-0.4, -0.2) is 33.2 Å². The number of rotatable bonds is 4. The normalized spacial score (nSPS) is 15.5. The SMILES string of the molecule is COc1ccccc1C1C(C(=O)Nc2ccc(C)cc2C)=C(C)Nc2nnnn21. The first-order chi connectivity index (χ1) is 14.0. The van der Waals surface area contributed by atoms with E-state index in [-0.39, 0.29) is 5.91 Å². The summed E-state index contributed by atoms with van der Waals surface area (Å²) >= 11 is 0. The van der Waals surface area contributed by atoms with Gasteiger partial charge in [-0.25, -0.2) is 0 Å². The number of allylic oxidation sites excluding steroid dienone is 1. The fourth-order valence-corrected chi connectivity index (χ4v) is 3.63. The molecule has 0 radical (unpaired) electrons. The molecule has 1 atom stereocenters. The van der Waals surface area contributed by atoms with Crippen molar-refractivity contribution < 1.29 is 9.53 Å². The van der Waals surface area contributed by atoms with Gasteiger partial charge in [-0.05, 0) is 48.9 Å². The number of aryl methyl sites for hydroxylation is 2. The van der Waals surface area contributed by atoms with E-state index in [4.69, 9.17) is 4.74 Å². The zero-order valence-electron chi connectivity index (χ0n) is 16.7. The van der Waals surface area contributed by atoms with Crippen LogP contribution in [0.3, 0.4) is 0 Å². The molecule has 8 nitrogen and oxygen atoms in total. The molecular weight excluding hydrogens is 368 g/mol. The molecule has 2 heterocycles. The maximum atomic E-state index is 13.4. The number of amides is 1. The zero-order valence-corrected chi connectivity index (χ0v) is 16.7. The van der Waals surface area contributed by atoms with Gasteiger partial charge in [-0.1, -0.05) is 41.0 Å². The van der Waals surface area contributed by atoms with E-state index < -0.39 is 6.04 Å². The van der Waals surface area contributed by atoms with Gasteiger partial charge >= 0.3 is 0 Å². The van der Waals surface area contributed by atoms with E-state index in [1.807, 2.05) is 63.2 Å². The lowest BCUT2D eigenvalue weighted by Crippen LogP contribution is -2.32. The molecule has 1 aliphatic heterocycles. The van der Waals surface area contributed by atoms with Crippen LogP contribution in [0.25, 0.3) is 0 Å². The van der Waals surface area contributed by atoms with Gasteiger partial charge in [-0.15, -0.1) is 0 Å². The largest absolute Gasteiger partial charge is 0.496 e. The molecule has 8 heteroatoms. The molecule has 2 N–H and O–H groups in total. The molecule has 29 heavy (non-hydrogen) atoms. The fourth-order valence-electron chi connectivity index (χ4n) is 3.63. The molecule has 0 fully saturated rings. The Bertz CT molecular complexity index is 1120. The summed E-state index contributed by atoms with van der Waals surface area (Å²) in [7, 11) is 1.60. The summed E-state index contributed by atoms with van der Waals surface area (Å²) in [5.74, 6) is 0.908. The second-order valence-electron chi connectivity index (χ2n) is 7.03. The van der Waals surface area contributed by atoms with E-state index in [0.29, 0.717) is 23.0 Å². The first-order valence-corrected chi connectivity index (χ1v) is 9.26. The molecule has 148 valence electrons. The minimum atomic E-state index is -0.525. The molecule has 0 saturated heterocycles. The van der Waals surface area contributed by atoms with Crippen LogP contribution >= 0.6 is 0 Å². The minimum absolute atomic E-state index is 0.223. The second kappa shape index (κ2) is 7.38. The number of aromatic nitrogens is 4. The zero-order chi connectivity index (χ0) is 20.5. The monoisotopic (exact) mass is 390 g/mol. The molecule has 1 amide bonds. The minimum Gasteiger partial charge on any atom is -0.496 e. The molecule has 0 bridgehead atoms. The van der Waals surface area contributed by atoms with Gasteiger partial charge in [0.15, 0.2) is 0 Å². The van der Waals surface area contributed by atoms with Gasteiger partial charge in [-0.2, -0.15) is 4.68 Å². The summed E-state index contributed by atoms with van der Waals surface area (Å²) in [4.78, 5) is 13.4. The van der Waals surface area contributed by atoms with Crippen molar-refractivity contribution in [3.05, 3.63) is 70.4 Å². The summed E-state index contributed by atoms with van der Waals surface area (Å²) < 4.78 is 7.15. The number of para-hydroxylation sites is 1. The molecule has 2 aromatic carbocycles. The van der Waals surface area contributed by atoms with Crippen molar-refractivity contribution in [2.24, 2.45) is 0 Å². The average Bonchev–Trinajstić information content (AvgIpc) is 3.17. The van der Waals surface area contributed by atoms with Gasteiger partial charge in [-0.3, -0.25) is 4.79 Å². The number of hydrogen-bond acceptors (Lipinski definition) is 6. The maximum Gasteiger partial charge on any atom is 0.255 e. The Hall–Kier alpha value is -3.68. The summed E-state index contributed by atoms with van der Waals surface area (Å²) in [6, 6.07) is 13.0. The van der Waals surface area contributed by atoms with Gasteiger partial charge in [0, 0.05) is 16.9 Å². The Balaban J connectivity index is 1.80. The number of carbonyl (C=O) groups is 1. The number of carbonyl (C=O) groups excluding carboxylic acids is 1. The summed E-state index contributed by atoms with van der Waals surface area (Å²) in [5.41, 5.74) is 4.91. The highest BCUT2D eigenvalue weighted by Gasteiger charge is 2.35. The molecule has 0 spiro atoms. The van der Waals surface area contributed by atoms with Crippen LogP contribution in [0, 0.1) is 13.8 Å². The van der Waals surface area contributed by atoms with Crippen LogP contribution in [0.15, 0.2) is 53.7 Å². The third-order valence-corrected chi connectivity index (χ3v) is 5.02. The highest BCUT2D eigenvalue weighted by Crippen LogP contribution is 2.38. The summed E-state index contributed by atoms with van der Waals surface area (Å²) in [6.45, 7) is 5.84. The van der Waals surface area contributed by atoms with Crippen LogP contribution in [-0.2, 0) is 4.79 Å². The molecule has 1 unspecified atom stereocenters. The lowest BCUT2D eigenvalue weighted by atomic mass is 9.94. The first kappa shape index (κ1) is 18.7. The Kier molecular flexibility index (Phi) is 4.75. The van der Waals surface area contributed by atoms with Crippen molar-refractivity contribution >= 4 is 17.5 Å². The van der Waals surface area contributed by atoms with Crippen molar-refractivity contribution in [2.45, 2.75) is 26.8 Å². The second-order valence-corrected chi connectivity index (χ2v) is 7.03. The number of hydrogen-bond donors (Lipinski definition) is 2. The highest BCUT2D eigenvalue weighted by atomic mass is 16.5. The number of anilines is 2. The van der Waals surface area contributed by atoms with Crippen LogP contribution in [0.2, 0.25) is 0 Å². The Labute approximate surface area is 168 Å². The predicted octanol–water partition coefficient (Wildman–Crippen LogP) is 3.23. The topological polar surface area (TPSA) is 94.0 Å². The molecule has 3 aromatic rings. The van der Waals surface area contributed by atoms with Gasteiger partial charge in [0.05, 0.1) is 12.7 Å². The maximum absolute atomic E-state index is 13.4. The van der Waals surface area contributed by atoms with Gasteiger partial charge < -0.3 is 15.4 Å². The van der Waals surface area contributed by atoms with E-state index in [9.17, 15) is 4.79 Å². The molecule has 1 aliphatic rings. The van der Waals surface area contributed by atoms with E-state index in [1.54, 1.807) is 11.8 Å². The molecule has 0 aliphatic carbocycles. The van der Waals surface area contributed by atoms with Crippen molar-refractivity contribution in [2.75, 3.05) is 17.7 Å². The molecule has 0 saturated carbocycles. The highest BCUT2D eigenvalue weighted by molar-refractivity contribution is 6.06. The van der Waals surface area contributed by atoms with Crippen LogP contribution < -0.4 is 15.4 Å². The number of nitrogens with zero attached hydrogens (tertiary/aromatic N) is 4. The number of nitrogens with one attached hydrogen (secondary N) is 2. The third kappa shape index (κ3) is 3.33. The first-order valence-electron chi connectivity index (χ1n) is 9.26. The van der Waals surface area contributed by atoms with Crippen molar-refractivity contribution in [1.29, 1.82) is 0 Å². The number of fused-ring (bicyclic) bond motifs is 1. The predicted molar refractivity (Wildman–Crippen MR) is 110 cm³/mol. The number of methoxy groups -OCH3 is 1. The standard InChI is InChI=1S/C21H22N6O2/c1-12-9-10-16(13(2)11-12)23-20(28)18-14(3)22-21-24-25-26-27(21)19(18)15-7-5-6-8-17(15)29-4/h5-11,19H,1-4H3,(H,23,28)(H,22,24,26). The van der Waals surface area contributed by atoms with Gasteiger partial charge in [0.1, 0.15) is 11.8 Å². The lowest BCUT2D eigenvalue weighted by molar-refractivity contribution is -0.113. The smallest absolute Gasteiger partial charge is 0.255 e. The van der Waals surface area contributed by atoms with E-state index >= 15 is 0 Å². The molecule has 1 aromatic heterocycles. The summed E-state index contributed by atoms with van der Waals surface area (Å²) in [6.07, 6.45) is 0. The Morgan fingerprint density at radius 1 is 1.17 bits per heavy atom. The fraction of sp³-hybridized carbons (Fsp3) is 0.238. The van der Waals surface area contributed by atoms with Crippen LogP contribution in [0.4, 0.5) is 11.6 Å². The van der Waals surface area contributed by atoms with E-state index in [1.165, 1.54) is 0 Å². The third-order valence-electron chi connectivity index (χ3n) is 5.02. The quantitative estimate of drug-likeness (QED) is 0.710. The summed E-state index contributed by atoms with van der Waals surface area (Å²) in [5, 5.41) is 18.1. The Morgan fingerprint density at radius 3 is 2.72 bits per heavy atom. The number of ether oxygens (including phenoxy) is 1. The molecule has 4 rings (SSSR count). The van der Waals surface area contributed by atoms with Crippen molar-refractivity contribution in [3.8, 4) is 5.75 Å². The van der Waals surface area contributed by atoms with Gasteiger partial charge in [0.25, 0.3) is 5.91 Å². The van der Waals surface area contributed by atoms with E-state index in [2.05, 4.69) is 26.2 Å². The molecular formula is C21H22N6O2. The number of tetrazole rings is 1. The van der Waals surface area contributed by atoms with Crippen molar-refractivity contribution in [3.63, 3.8) is 0 Å². The lowest BCUT2D eigenvalue weighted by Gasteiger charge is -2.29. The average molecular weight is 390 g/mol.